The summed E-state index contributed by atoms with van der Waals surface area (Å²) in [6.07, 6.45) is 1.75. The van der Waals surface area contributed by atoms with Gasteiger partial charge < -0.3 is 10.5 Å². The zero-order chi connectivity index (χ0) is 11.5. The van der Waals surface area contributed by atoms with Crippen molar-refractivity contribution >= 4 is 16.5 Å². The van der Waals surface area contributed by atoms with E-state index in [0.717, 1.165) is 10.6 Å². The highest BCUT2D eigenvalue weighted by Crippen LogP contribution is 2.20. The Labute approximate surface area is 98.9 Å². The number of rotatable bonds is 3. The lowest BCUT2D eigenvalue weighted by Crippen LogP contribution is -1.93. The molecule has 84 valence electrons. The maximum Gasteiger partial charge on any atom is 0.180 e. The van der Waals surface area contributed by atoms with Gasteiger partial charge in [-0.05, 0) is 37.1 Å². The number of hydrogen-bond acceptors (Lipinski definition) is 4. The Kier molecular flexibility index (Phi) is 3.10. The van der Waals surface area contributed by atoms with Crippen LogP contribution in [-0.2, 0) is 6.61 Å². The third-order valence-electron chi connectivity index (χ3n) is 2.15. The first-order valence-electron chi connectivity index (χ1n) is 5.05. The smallest absolute Gasteiger partial charge is 0.180 e. The number of aromatic nitrogens is 1. The standard InChI is InChI=1S/C12H14N2OS/c1-8-3-9(2)5-10(4-8)15-7-11-6-14-12(13)16-11/h3-6H,7H2,1-2H3,(H2,13,14). The summed E-state index contributed by atoms with van der Waals surface area (Å²) in [5, 5.41) is 0.582. The largest absolute Gasteiger partial charge is 0.488 e. The van der Waals surface area contributed by atoms with E-state index in [4.69, 9.17) is 10.5 Å². The number of aryl methyl sites for hydroxylation is 2. The first kappa shape index (κ1) is 11.0. The van der Waals surface area contributed by atoms with Crippen LogP contribution in [0.4, 0.5) is 5.13 Å². The minimum Gasteiger partial charge on any atom is -0.488 e. The predicted octanol–water partition coefficient (Wildman–Crippen LogP) is 2.92. The Morgan fingerprint density at radius 2 is 1.94 bits per heavy atom. The molecule has 0 saturated heterocycles. The highest BCUT2D eigenvalue weighted by atomic mass is 32.1. The summed E-state index contributed by atoms with van der Waals surface area (Å²) < 4.78 is 5.68. The minimum atomic E-state index is 0.526. The van der Waals surface area contributed by atoms with Crippen LogP contribution >= 0.6 is 11.3 Å². The quantitative estimate of drug-likeness (QED) is 0.888. The molecule has 0 fully saturated rings. The van der Waals surface area contributed by atoms with Crippen molar-refractivity contribution in [2.45, 2.75) is 20.5 Å². The Bertz CT molecular complexity index is 473. The zero-order valence-corrected chi connectivity index (χ0v) is 10.2. The summed E-state index contributed by atoms with van der Waals surface area (Å²) in [6, 6.07) is 6.17. The summed E-state index contributed by atoms with van der Waals surface area (Å²) in [4.78, 5) is 5.02. The lowest BCUT2D eigenvalue weighted by molar-refractivity contribution is 0.309. The van der Waals surface area contributed by atoms with Gasteiger partial charge in [0.2, 0.25) is 0 Å². The molecule has 0 aliphatic rings. The fraction of sp³-hybridized carbons (Fsp3) is 0.250. The molecule has 1 aromatic carbocycles. The SMILES string of the molecule is Cc1cc(C)cc(OCc2cnc(N)s2)c1. The van der Waals surface area contributed by atoms with Crippen LogP contribution in [0.15, 0.2) is 24.4 Å². The molecule has 2 N–H and O–H groups in total. The van der Waals surface area contributed by atoms with Crippen molar-refractivity contribution in [2.24, 2.45) is 0 Å². The Morgan fingerprint density at radius 3 is 2.50 bits per heavy atom. The highest BCUT2D eigenvalue weighted by Gasteiger charge is 2.01. The average molecular weight is 234 g/mol. The van der Waals surface area contributed by atoms with E-state index in [2.05, 4.69) is 24.9 Å². The summed E-state index contributed by atoms with van der Waals surface area (Å²) in [6.45, 7) is 4.65. The monoisotopic (exact) mass is 234 g/mol. The van der Waals surface area contributed by atoms with Crippen molar-refractivity contribution in [3.63, 3.8) is 0 Å². The summed E-state index contributed by atoms with van der Waals surface area (Å²) >= 11 is 1.46. The van der Waals surface area contributed by atoms with Gasteiger partial charge in [-0.3, -0.25) is 0 Å². The zero-order valence-electron chi connectivity index (χ0n) is 9.36. The third kappa shape index (κ3) is 2.73. The van der Waals surface area contributed by atoms with Crippen molar-refractivity contribution in [2.75, 3.05) is 5.73 Å². The first-order chi connectivity index (χ1) is 7.63. The van der Waals surface area contributed by atoms with Gasteiger partial charge in [-0.1, -0.05) is 17.4 Å². The normalized spacial score (nSPS) is 10.4. The van der Waals surface area contributed by atoms with Gasteiger partial charge in [0, 0.05) is 6.20 Å². The second-order valence-corrected chi connectivity index (χ2v) is 4.92. The molecule has 0 atom stereocenters. The summed E-state index contributed by atoms with van der Waals surface area (Å²) in [5.74, 6) is 0.893. The fourth-order valence-corrected chi connectivity index (χ4v) is 2.16. The molecular formula is C12H14N2OS. The molecule has 2 rings (SSSR count). The van der Waals surface area contributed by atoms with Crippen LogP contribution in [0.3, 0.4) is 0 Å². The van der Waals surface area contributed by atoms with E-state index in [0.29, 0.717) is 11.7 Å². The maximum absolute atomic E-state index is 5.68. The number of benzene rings is 1. The number of nitrogen functional groups attached to an aromatic ring is 1. The molecule has 0 radical (unpaired) electrons. The maximum atomic E-state index is 5.68. The molecule has 3 nitrogen and oxygen atoms in total. The fourth-order valence-electron chi connectivity index (χ4n) is 1.56. The van der Waals surface area contributed by atoms with Crippen molar-refractivity contribution in [3.8, 4) is 5.75 Å². The van der Waals surface area contributed by atoms with E-state index in [9.17, 15) is 0 Å². The molecule has 0 aliphatic heterocycles. The molecule has 1 aromatic heterocycles. The van der Waals surface area contributed by atoms with Crippen LogP contribution in [0, 0.1) is 13.8 Å². The van der Waals surface area contributed by atoms with Gasteiger partial charge in [-0.25, -0.2) is 4.98 Å². The molecule has 2 aromatic rings. The Morgan fingerprint density at radius 1 is 1.25 bits per heavy atom. The van der Waals surface area contributed by atoms with Gasteiger partial charge >= 0.3 is 0 Å². The molecule has 4 heteroatoms. The van der Waals surface area contributed by atoms with Crippen LogP contribution in [0.2, 0.25) is 0 Å². The van der Waals surface area contributed by atoms with E-state index in [1.165, 1.54) is 22.5 Å². The number of ether oxygens (including phenoxy) is 1. The van der Waals surface area contributed by atoms with Crippen LogP contribution < -0.4 is 10.5 Å². The van der Waals surface area contributed by atoms with Crippen LogP contribution in [-0.4, -0.2) is 4.98 Å². The molecule has 0 spiro atoms. The average Bonchev–Trinajstić information content (AvgIpc) is 2.60. The second-order valence-electron chi connectivity index (χ2n) is 3.78. The van der Waals surface area contributed by atoms with E-state index in [1.807, 2.05) is 12.1 Å². The molecule has 1 heterocycles. The van der Waals surface area contributed by atoms with Crippen molar-refractivity contribution < 1.29 is 4.74 Å². The van der Waals surface area contributed by atoms with Crippen molar-refractivity contribution in [3.05, 3.63) is 40.4 Å². The van der Waals surface area contributed by atoms with Crippen molar-refractivity contribution in [1.82, 2.24) is 4.98 Å². The van der Waals surface area contributed by atoms with E-state index in [-0.39, 0.29) is 0 Å². The predicted molar refractivity (Wildman–Crippen MR) is 66.8 cm³/mol. The molecule has 0 amide bonds. The number of hydrogen-bond donors (Lipinski definition) is 1. The van der Waals surface area contributed by atoms with Crippen molar-refractivity contribution in [1.29, 1.82) is 0 Å². The number of nitrogens with two attached hydrogens (primary N) is 1. The number of anilines is 1. The molecule has 0 aliphatic carbocycles. The van der Waals surface area contributed by atoms with Crippen LogP contribution in [0.1, 0.15) is 16.0 Å². The Balaban J connectivity index is 2.04. The summed E-state index contributed by atoms with van der Waals surface area (Å²) in [5.41, 5.74) is 7.96. The summed E-state index contributed by atoms with van der Waals surface area (Å²) in [7, 11) is 0. The number of thiazole rings is 1. The lowest BCUT2D eigenvalue weighted by Gasteiger charge is -2.06. The minimum absolute atomic E-state index is 0.526. The van der Waals surface area contributed by atoms with Gasteiger partial charge in [-0.2, -0.15) is 0 Å². The van der Waals surface area contributed by atoms with E-state index >= 15 is 0 Å². The van der Waals surface area contributed by atoms with Gasteiger partial charge in [0.1, 0.15) is 12.4 Å². The molecule has 16 heavy (non-hydrogen) atoms. The first-order valence-corrected chi connectivity index (χ1v) is 5.86. The number of nitrogens with zero attached hydrogens (tertiary/aromatic N) is 1. The molecule has 0 unspecified atom stereocenters. The van der Waals surface area contributed by atoms with Crippen LogP contribution in [0.5, 0.6) is 5.75 Å². The van der Waals surface area contributed by atoms with Gasteiger partial charge in [0.25, 0.3) is 0 Å². The van der Waals surface area contributed by atoms with Gasteiger partial charge in [-0.15, -0.1) is 0 Å². The second kappa shape index (κ2) is 4.53. The Hall–Kier alpha value is -1.55. The van der Waals surface area contributed by atoms with E-state index < -0.39 is 0 Å². The molecule has 0 saturated carbocycles. The van der Waals surface area contributed by atoms with Gasteiger partial charge in [0.05, 0.1) is 4.88 Å². The topological polar surface area (TPSA) is 48.1 Å². The van der Waals surface area contributed by atoms with E-state index in [1.54, 1.807) is 6.20 Å². The van der Waals surface area contributed by atoms with Gasteiger partial charge in [0.15, 0.2) is 5.13 Å². The van der Waals surface area contributed by atoms with Crippen LogP contribution in [0.25, 0.3) is 0 Å². The third-order valence-corrected chi connectivity index (χ3v) is 2.95. The highest BCUT2D eigenvalue weighted by molar-refractivity contribution is 7.15. The molecule has 0 bridgehead atoms. The lowest BCUT2D eigenvalue weighted by atomic mass is 10.1. The molecular weight excluding hydrogens is 220 g/mol.